The van der Waals surface area contributed by atoms with Gasteiger partial charge in [-0.05, 0) is 13.8 Å². The number of nitrogens with two attached hydrogens (primary N) is 2. The Labute approximate surface area is 67.0 Å². The van der Waals surface area contributed by atoms with E-state index in [1.165, 1.54) is 0 Å². The lowest BCUT2D eigenvalue weighted by Crippen LogP contribution is -2.46. The van der Waals surface area contributed by atoms with Crippen LogP contribution in [0.2, 0.25) is 0 Å². The van der Waals surface area contributed by atoms with Gasteiger partial charge in [-0.1, -0.05) is 0 Å². The predicted molar refractivity (Wildman–Crippen MR) is 42.0 cm³/mol. The summed E-state index contributed by atoms with van der Waals surface area (Å²) in [6.07, 6.45) is 0. The number of amides is 1. The average molecular weight is 175 g/mol. The molecule has 0 radical (unpaired) electrons. The van der Waals surface area contributed by atoms with Crippen LogP contribution in [0.15, 0.2) is 0 Å². The van der Waals surface area contributed by atoms with Gasteiger partial charge in [0.15, 0.2) is 0 Å². The summed E-state index contributed by atoms with van der Waals surface area (Å²) in [4.78, 5) is 10.1. The molecule has 0 saturated heterocycles. The topological polar surface area (TPSA) is 69.1 Å². The van der Waals surface area contributed by atoms with Crippen LogP contribution in [-0.2, 0) is 4.79 Å². The first-order chi connectivity index (χ1) is 2.94. The molecule has 0 aromatic carbocycles. The standard InChI is InChI=1S/C4H10N2O.2ClH/c1-4(2,6)3(5)7;;/h6H2,1-2H3,(H2,5,7);2*1H. The van der Waals surface area contributed by atoms with Crippen molar-refractivity contribution in [2.24, 2.45) is 11.5 Å². The van der Waals surface area contributed by atoms with E-state index in [2.05, 4.69) is 0 Å². The van der Waals surface area contributed by atoms with Gasteiger partial charge in [0.05, 0.1) is 5.54 Å². The molecule has 0 heterocycles. The number of carbonyl (C=O) groups is 1. The number of halogens is 2. The Morgan fingerprint density at radius 3 is 1.44 bits per heavy atom. The molecule has 0 aromatic rings. The van der Waals surface area contributed by atoms with Crippen molar-refractivity contribution >= 4 is 30.7 Å². The second kappa shape index (κ2) is 4.85. The second-order valence-electron chi connectivity index (χ2n) is 2.09. The van der Waals surface area contributed by atoms with Gasteiger partial charge in [-0.3, -0.25) is 4.79 Å². The SMILES string of the molecule is CC(C)(N)C(N)=O.Cl.Cl. The van der Waals surface area contributed by atoms with Crippen molar-refractivity contribution in [3.8, 4) is 0 Å². The van der Waals surface area contributed by atoms with Crippen LogP contribution in [0, 0.1) is 0 Å². The number of rotatable bonds is 1. The molecule has 4 N–H and O–H groups in total. The number of hydrogen-bond donors (Lipinski definition) is 2. The molecule has 0 aliphatic carbocycles. The van der Waals surface area contributed by atoms with Crippen molar-refractivity contribution in [1.82, 2.24) is 0 Å². The van der Waals surface area contributed by atoms with E-state index in [1.54, 1.807) is 13.8 Å². The monoisotopic (exact) mass is 174 g/mol. The Balaban J connectivity index is -0.000000180. The van der Waals surface area contributed by atoms with E-state index >= 15 is 0 Å². The fourth-order valence-electron chi connectivity index (χ4n) is 0. The summed E-state index contributed by atoms with van der Waals surface area (Å²) in [5.74, 6) is -0.479. The third-order valence-electron chi connectivity index (χ3n) is 0.635. The van der Waals surface area contributed by atoms with Crippen LogP contribution in [0.5, 0.6) is 0 Å². The fraction of sp³-hybridized carbons (Fsp3) is 0.750. The van der Waals surface area contributed by atoms with Gasteiger partial charge in [-0.25, -0.2) is 0 Å². The molecular weight excluding hydrogens is 163 g/mol. The quantitative estimate of drug-likeness (QED) is 0.591. The minimum Gasteiger partial charge on any atom is -0.368 e. The first-order valence-electron chi connectivity index (χ1n) is 2.03. The second-order valence-corrected chi connectivity index (χ2v) is 2.09. The minimum atomic E-state index is -0.861. The lowest BCUT2D eigenvalue weighted by atomic mass is 10.1. The van der Waals surface area contributed by atoms with E-state index in [1.807, 2.05) is 0 Å². The molecule has 9 heavy (non-hydrogen) atoms. The van der Waals surface area contributed by atoms with Crippen molar-refractivity contribution in [1.29, 1.82) is 0 Å². The molecule has 0 rings (SSSR count). The highest BCUT2D eigenvalue weighted by atomic mass is 35.5. The maximum Gasteiger partial charge on any atom is 0.236 e. The van der Waals surface area contributed by atoms with E-state index in [-0.39, 0.29) is 24.8 Å². The van der Waals surface area contributed by atoms with Crippen LogP contribution >= 0.6 is 24.8 Å². The van der Waals surface area contributed by atoms with Gasteiger partial charge in [-0.2, -0.15) is 0 Å². The van der Waals surface area contributed by atoms with Crippen LogP contribution in [0.25, 0.3) is 0 Å². The van der Waals surface area contributed by atoms with Gasteiger partial charge in [0, 0.05) is 0 Å². The lowest BCUT2D eigenvalue weighted by Gasteiger charge is -2.10. The van der Waals surface area contributed by atoms with Crippen molar-refractivity contribution < 1.29 is 4.79 Å². The molecule has 0 unspecified atom stereocenters. The van der Waals surface area contributed by atoms with E-state index in [0.29, 0.717) is 0 Å². The molecule has 0 aromatic heterocycles. The Morgan fingerprint density at radius 1 is 1.33 bits per heavy atom. The average Bonchev–Trinajstić information content (AvgIpc) is 1.31. The fourth-order valence-corrected chi connectivity index (χ4v) is 0. The Morgan fingerprint density at radius 2 is 1.44 bits per heavy atom. The molecule has 3 nitrogen and oxygen atoms in total. The largest absolute Gasteiger partial charge is 0.368 e. The van der Waals surface area contributed by atoms with Gasteiger partial charge in [0.1, 0.15) is 0 Å². The minimum absolute atomic E-state index is 0. The highest BCUT2D eigenvalue weighted by Crippen LogP contribution is 1.90. The van der Waals surface area contributed by atoms with Gasteiger partial charge in [0.25, 0.3) is 0 Å². The first kappa shape index (κ1) is 16.0. The molecule has 0 aliphatic rings. The molecule has 0 spiro atoms. The number of carbonyl (C=O) groups excluding carboxylic acids is 1. The summed E-state index contributed by atoms with van der Waals surface area (Å²) in [7, 11) is 0. The molecule has 1 amide bonds. The lowest BCUT2D eigenvalue weighted by molar-refractivity contribution is -0.121. The molecule has 5 heteroatoms. The van der Waals surface area contributed by atoms with Crippen LogP contribution in [0.4, 0.5) is 0 Å². The summed E-state index contributed by atoms with van der Waals surface area (Å²) in [6.45, 7) is 3.13. The zero-order valence-electron chi connectivity index (χ0n) is 5.38. The third kappa shape index (κ3) is 8.01. The Kier molecular flexibility index (Phi) is 8.62. The highest BCUT2D eigenvalue weighted by Gasteiger charge is 2.16. The molecule has 0 fully saturated rings. The molecule has 0 atom stereocenters. The molecule has 0 aliphatic heterocycles. The number of primary amides is 1. The number of hydrogen-bond acceptors (Lipinski definition) is 2. The predicted octanol–water partition coefficient (Wildman–Crippen LogP) is 0.0526. The normalized spacial score (nSPS) is 8.78. The summed E-state index contributed by atoms with van der Waals surface area (Å²) >= 11 is 0. The van der Waals surface area contributed by atoms with Gasteiger partial charge < -0.3 is 11.5 Å². The van der Waals surface area contributed by atoms with Crippen LogP contribution in [0.3, 0.4) is 0 Å². The maximum atomic E-state index is 10.1. The Hall–Kier alpha value is 0.01000. The molecule has 0 bridgehead atoms. The van der Waals surface area contributed by atoms with E-state index in [9.17, 15) is 4.79 Å². The summed E-state index contributed by atoms with van der Waals surface area (Å²) in [5.41, 5.74) is 9.15. The summed E-state index contributed by atoms with van der Waals surface area (Å²) < 4.78 is 0. The highest BCUT2D eigenvalue weighted by molar-refractivity contribution is 5.85. The van der Waals surface area contributed by atoms with Crippen LogP contribution < -0.4 is 11.5 Å². The van der Waals surface area contributed by atoms with Crippen LogP contribution in [0.1, 0.15) is 13.8 Å². The smallest absolute Gasteiger partial charge is 0.236 e. The molecule has 58 valence electrons. The van der Waals surface area contributed by atoms with E-state index in [0.717, 1.165) is 0 Å². The van der Waals surface area contributed by atoms with E-state index in [4.69, 9.17) is 11.5 Å². The third-order valence-corrected chi connectivity index (χ3v) is 0.635. The van der Waals surface area contributed by atoms with Crippen molar-refractivity contribution in [3.05, 3.63) is 0 Å². The first-order valence-corrected chi connectivity index (χ1v) is 2.03. The van der Waals surface area contributed by atoms with Gasteiger partial charge >= 0.3 is 0 Å². The van der Waals surface area contributed by atoms with Crippen molar-refractivity contribution in [3.63, 3.8) is 0 Å². The summed E-state index contributed by atoms with van der Waals surface area (Å²) in [6, 6.07) is 0. The molecule has 0 saturated carbocycles. The summed E-state index contributed by atoms with van der Waals surface area (Å²) in [5, 5.41) is 0. The van der Waals surface area contributed by atoms with Crippen molar-refractivity contribution in [2.45, 2.75) is 19.4 Å². The maximum absolute atomic E-state index is 10.1. The molecular formula is C4H12Cl2N2O. The van der Waals surface area contributed by atoms with E-state index < -0.39 is 11.4 Å². The zero-order chi connectivity index (χ0) is 6.08. The van der Waals surface area contributed by atoms with Crippen LogP contribution in [-0.4, -0.2) is 11.4 Å². The van der Waals surface area contributed by atoms with Gasteiger partial charge in [0.2, 0.25) is 5.91 Å². The Bertz CT molecular complexity index is 89.1. The zero-order valence-corrected chi connectivity index (χ0v) is 7.01. The van der Waals surface area contributed by atoms with Crippen molar-refractivity contribution in [2.75, 3.05) is 0 Å². The van der Waals surface area contributed by atoms with Gasteiger partial charge in [-0.15, -0.1) is 24.8 Å².